The van der Waals surface area contributed by atoms with Gasteiger partial charge in [-0.2, -0.15) is 5.26 Å². The molecule has 1 N–H and O–H groups in total. The summed E-state index contributed by atoms with van der Waals surface area (Å²) in [6, 6.07) is 7.15. The third-order valence-corrected chi connectivity index (χ3v) is 1.85. The third-order valence-electron chi connectivity index (χ3n) is 1.85. The van der Waals surface area contributed by atoms with Crippen molar-refractivity contribution < 1.29 is 9.53 Å². The third kappa shape index (κ3) is 3.31. The van der Waals surface area contributed by atoms with Crippen molar-refractivity contribution in [3.63, 3.8) is 0 Å². The number of ether oxygens (including phenoxy) is 1. The summed E-state index contributed by atoms with van der Waals surface area (Å²) in [5.74, 6) is -0.287. The van der Waals surface area contributed by atoms with E-state index in [1.807, 2.05) is 12.3 Å². The second kappa shape index (κ2) is 5.66. The van der Waals surface area contributed by atoms with Crippen LogP contribution in [0.4, 0.5) is 5.69 Å². The van der Waals surface area contributed by atoms with Gasteiger partial charge in [0.2, 0.25) is 0 Å². The van der Waals surface area contributed by atoms with Crippen LogP contribution in [0.2, 0.25) is 0 Å². The van der Waals surface area contributed by atoms with E-state index in [4.69, 9.17) is 10.00 Å². The Balaban J connectivity index is 2.76. The van der Waals surface area contributed by atoms with Crippen molar-refractivity contribution >= 4 is 11.7 Å². The van der Waals surface area contributed by atoms with Gasteiger partial charge in [0.15, 0.2) is 6.19 Å². The number of nitrogens with one attached hydrogen (secondary N) is 1. The van der Waals surface area contributed by atoms with E-state index < -0.39 is 0 Å². The van der Waals surface area contributed by atoms with Crippen molar-refractivity contribution in [2.75, 3.05) is 11.9 Å². The first-order chi connectivity index (χ1) is 7.27. The van der Waals surface area contributed by atoms with Crippen LogP contribution in [-0.2, 0) is 16.0 Å². The molecule has 0 radical (unpaired) electrons. The number of rotatable bonds is 4. The number of anilines is 1. The largest absolute Gasteiger partial charge is 0.466 e. The fourth-order valence-corrected chi connectivity index (χ4v) is 1.22. The lowest BCUT2D eigenvalue weighted by atomic mass is 10.1. The zero-order chi connectivity index (χ0) is 11.1. The van der Waals surface area contributed by atoms with Crippen molar-refractivity contribution in [3.8, 4) is 6.19 Å². The van der Waals surface area contributed by atoms with E-state index in [0.29, 0.717) is 12.3 Å². The molecule has 0 aliphatic carbocycles. The lowest BCUT2D eigenvalue weighted by Gasteiger charge is -2.06. The summed E-state index contributed by atoms with van der Waals surface area (Å²) < 4.78 is 4.83. The Kier molecular flexibility index (Phi) is 4.17. The molecule has 0 amide bonds. The number of benzene rings is 1. The highest BCUT2D eigenvalue weighted by Crippen LogP contribution is 2.15. The van der Waals surface area contributed by atoms with E-state index >= 15 is 0 Å². The molecular weight excluding hydrogens is 192 g/mol. The molecule has 0 bridgehead atoms. The zero-order valence-electron chi connectivity index (χ0n) is 8.49. The fraction of sp³-hybridized carbons (Fsp3) is 0.273. The van der Waals surface area contributed by atoms with Crippen LogP contribution >= 0.6 is 0 Å². The van der Waals surface area contributed by atoms with Gasteiger partial charge in [0, 0.05) is 0 Å². The van der Waals surface area contributed by atoms with E-state index in [-0.39, 0.29) is 12.4 Å². The van der Waals surface area contributed by atoms with Crippen LogP contribution < -0.4 is 5.32 Å². The molecule has 78 valence electrons. The normalized spacial score (nSPS) is 9.07. The Bertz CT molecular complexity index is 382. The summed E-state index contributed by atoms with van der Waals surface area (Å²) in [6.07, 6.45) is 2.01. The monoisotopic (exact) mass is 204 g/mol. The van der Waals surface area contributed by atoms with Gasteiger partial charge in [-0.25, -0.2) is 0 Å². The molecule has 0 heterocycles. The molecule has 4 heteroatoms. The van der Waals surface area contributed by atoms with Gasteiger partial charge in [-0.15, -0.1) is 0 Å². The highest BCUT2D eigenvalue weighted by Gasteiger charge is 2.07. The maximum Gasteiger partial charge on any atom is 0.310 e. The van der Waals surface area contributed by atoms with Crippen LogP contribution in [0.1, 0.15) is 12.5 Å². The summed E-state index contributed by atoms with van der Waals surface area (Å²) in [5.41, 5.74) is 1.41. The van der Waals surface area contributed by atoms with Crippen LogP contribution in [0, 0.1) is 11.5 Å². The van der Waals surface area contributed by atoms with Crippen molar-refractivity contribution in [2.24, 2.45) is 0 Å². The number of hydrogen-bond donors (Lipinski definition) is 1. The minimum Gasteiger partial charge on any atom is -0.466 e. The van der Waals surface area contributed by atoms with E-state index in [9.17, 15) is 4.79 Å². The first kappa shape index (κ1) is 11.1. The number of nitrogens with zero attached hydrogens (tertiary/aromatic N) is 1. The van der Waals surface area contributed by atoms with Crippen molar-refractivity contribution in [1.82, 2.24) is 0 Å². The quantitative estimate of drug-likeness (QED) is 0.460. The predicted octanol–water partition coefficient (Wildman–Crippen LogP) is 1.69. The topological polar surface area (TPSA) is 62.1 Å². The predicted molar refractivity (Wildman–Crippen MR) is 56.0 cm³/mol. The second-order valence-corrected chi connectivity index (χ2v) is 2.88. The Morgan fingerprint density at radius 3 is 2.93 bits per heavy atom. The van der Waals surface area contributed by atoms with E-state index in [1.54, 1.807) is 25.1 Å². The maximum atomic E-state index is 11.2. The number of carbonyl (C=O) groups is 1. The highest BCUT2D eigenvalue weighted by molar-refractivity contribution is 5.75. The van der Waals surface area contributed by atoms with Gasteiger partial charge >= 0.3 is 5.97 Å². The molecule has 1 aromatic rings. The summed E-state index contributed by atoms with van der Waals surface area (Å²) in [4.78, 5) is 11.2. The molecule has 15 heavy (non-hydrogen) atoms. The first-order valence-electron chi connectivity index (χ1n) is 4.66. The average Bonchev–Trinajstić information content (AvgIpc) is 2.21. The molecular formula is C11H12N2O2. The Labute approximate surface area is 88.5 Å². The number of esters is 1. The molecule has 1 aromatic carbocycles. The van der Waals surface area contributed by atoms with Gasteiger partial charge in [0.1, 0.15) is 0 Å². The summed E-state index contributed by atoms with van der Waals surface area (Å²) in [7, 11) is 0. The van der Waals surface area contributed by atoms with Gasteiger partial charge in [0.25, 0.3) is 0 Å². The van der Waals surface area contributed by atoms with Crippen LogP contribution in [-0.4, -0.2) is 12.6 Å². The van der Waals surface area contributed by atoms with Gasteiger partial charge in [0.05, 0.1) is 18.7 Å². The molecule has 0 unspecified atom stereocenters. The van der Waals surface area contributed by atoms with Crippen LogP contribution in [0.3, 0.4) is 0 Å². The van der Waals surface area contributed by atoms with Gasteiger partial charge in [-0.1, -0.05) is 18.2 Å². The molecule has 0 aliphatic heterocycles. The molecule has 0 saturated heterocycles. The Morgan fingerprint density at radius 2 is 2.27 bits per heavy atom. The molecule has 1 rings (SSSR count). The molecule has 4 nitrogen and oxygen atoms in total. The van der Waals surface area contributed by atoms with Crippen LogP contribution in [0.25, 0.3) is 0 Å². The minimum absolute atomic E-state index is 0.179. The van der Waals surface area contributed by atoms with Crippen molar-refractivity contribution in [3.05, 3.63) is 29.8 Å². The Morgan fingerprint density at radius 1 is 1.53 bits per heavy atom. The maximum absolute atomic E-state index is 11.2. The van der Waals surface area contributed by atoms with Gasteiger partial charge in [-0.05, 0) is 18.6 Å². The fourth-order valence-electron chi connectivity index (χ4n) is 1.22. The number of hydrogen-bond acceptors (Lipinski definition) is 4. The number of carbonyl (C=O) groups excluding carboxylic acids is 1. The average molecular weight is 204 g/mol. The number of nitriles is 1. The molecule has 0 aromatic heterocycles. The SMILES string of the molecule is CCOC(=O)Cc1ccccc1NC#N. The molecule has 0 saturated carbocycles. The molecule has 0 spiro atoms. The summed E-state index contributed by atoms with van der Waals surface area (Å²) >= 11 is 0. The Hall–Kier alpha value is -2.02. The van der Waals surface area contributed by atoms with Crippen LogP contribution in [0.15, 0.2) is 24.3 Å². The lowest BCUT2D eigenvalue weighted by Crippen LogP contribution is -2.08. The van der Waals surface area contributed by atoms with Gasteiger partial charge in [-0.3, -0.25) is 10.1 Å². The summed E-state index contributed by atoms with van der Waals surface area (Å²) in [5, 5.41) is 11.0. The smallest absolute Gasteiger partial charge is 0.310 e. The van der Waals surface area contributed by atoms with Crippen molar-refractivity contribution in [2.45, 2.75) is 13.3 Å². The molecule has 0 atom stereocenters. The molecule has 0 aliphatic rings. The van der Waals surface area contributed by atoms with E-state index in [2.05, 4.69) is 5.32 Å². The van der Waals surface area contributed by atoms with E-state index in [0.717, 1.165) is 5.56 Å². The van der Waals surface area contributed by atoms with Crippen LogP contribution in [0.5, 0.6) is 0 Å². The minimum atomic E-state index is -0.287. The zero-order valence-corrected chi connectivity index (χ0v) is 8.49. The lowest BCUT2D eigenvalue weighted by molar-refractivity contribution is -0.142. The van der Waals surface area contributed by atoms with Crippen molar-refractivity contribution in [1.29, 1.82) is 5.26 Å². The van der Waals surface area contributed by atoms with Gasteiger partial charge < -0.3 is 4.74 Å². The highest BCUT2D eigenvalue weighted by atomic mass is 16.5. The first-order valence-corrected chi connectivity index (χ1v) is 4.66. The molecule has 0 fully saturated rings. The number of para-hydroxylation sites is 1. The summed E-state index contributed by atoms with van der Waals surface area (Å²) in [6.45, 7) is 2.13. The second-order valence-electron chi connectivity index (χ2n) is 2.88. The standard InChI is InChI=1S/C11H12N2O2/c1-2-15-11(14)7-9-5-3-4-6-10(9)13-8-12/h3-6,13H,2,7H2,1H3. The van der Waals surface area contributed by atoms with E-state index in [1.165, 1.54) is 0 Å².